The molecule has 0 aliphatic carbocycles. The molecule has 0 bridgehead atoms. The maximum Gasteiger partial charge on any atom is 0.350 e. The van der Waals surface area contributed by atoms with Crippen LogP contribution in [0.25, 0.3) is 0 Å². The molecule has 0 aromatic carbocycles. The molecule has 0 aliphatic heterocycles. The van der Waals surface area contributed by atoms with Crippen molar-refractivity contribution in [2.75, 3.05) is 12.4 Å². The molecule has 0 fully saturated rings. The summed E-state index contributed by atoms with van der Waals surface area (Å²) in [6.45, 7) is 4.14. The predicted molar refractivity (Wildman–Crippen MR) is 77.6 cm³/mol. The van der Waals surface area contributed by atoms with E-state index in [2.05, 4.69) is 19.2 Å². The number of thiophene rings is 1. The zero-order valence-corrected chi connectivity index (χ0v) is 12.5. The van der Waals surface area contributed by atoms with Gasteiger partial charge in [0, 0.05) is 5.92 Å². The molecule has 0 atom stereocenters. The molecule has 0 saturated heterocycles. The van der Waals surface area contributed by atoms with E-state index in [9.17, 15) is 9.59 Å². The van der Waals surface area contributed by atoms with Gasteiger partial charge in [-0.3, -0.25) is 4.79 Å². The van der Waals surface area contributed by atoms with Crippen molar-refractivity contribution in [2.24, 2.45) is 5.92 Å². The maximum absolute atomic E-state index is 12.2. The van der Waals surface area contributed by atoms with E-state index < -0.39 is 5.97 Å². The smallest absolute Gasteiger partial charge is 0.350 e. The molecule has 1 aromatic heterocycles. The average molecular weight is 283 g/mol. The van der Waals surface area contributed by atoms with Crippen molar-refractivity contribution < 1.29 is 14.3 Å². The summed E-state index contributed by atoms with van der Waals surface area (Å²) in [6, 6.07) is 1.74. The molecule has 0 unspecified atom stereocenters. The fourth-order valence-corrected chi connectivity index (χ4v) is 2.76. The van der Waals surface area contributed by atoms with Gasteiger partial charge in [0.1, 0.15) is 4.88 Å². The molecular formula is C14H21NO3S. The lowest BCUT2D eigenvalue weighted by Crippen LogP contribution is -2.23. The Morgan fingerprint density at radius 2 is 1.95 bits per heavy atom. The third-order valence-corrected chi connectivity index (χ3v) is 3.83. The predicted octanol–water partition coefficient (Wildman–Crippen LogP) is 3.69. The van der Waals surface area contributed by atoms with Crippen molar-refractivity contribution in [3.63, 3.8) is 0 Å². The average Bonchev–Trinajstić information content (AvgIpc) is 2.85. The molecule has 0 spiro atoms. The Morgan fingerprint density at radius 3 is 2.47 bits per heavy atom. The number of anilines is 1. The monoisotopic (exact) mass is 283 g/mol. The second-order valence-electron chi connectivity index (χ2n) is 4.42. The Balaban J connectivity index is 2.75. The first-order valence-electron chi connectivity index (χ1n) is 6.60. The van der Waals surface area contributed by atoms with Crippen LogP contribution in [-0.4, -0.2) is 19.0 Å². The summed E-state index contributed by atoms with van der Waals surface area (Å²) in [5.74, 6) is -0.402. The van der Waals surface area contributed by atoms with E-state index in [1.165, 1.54) is 18.4 Å². The second-order valence-corrected chi connectivity index (χ2v) is 5.33. The van der Waals surface area contributed by atoms with Gasteiger partial charge in [-0.2, -0.15) is 0 Å². The molecule has 0 radical (unpaired) electrons. The van der Waals surface area contributed by atoms with Crippen molar-refractivity contribution in [2.45, 2.75) is 39.5 Å². The molecule has 1 heterocycles. The fraction of sp³-hybridized carbons (Fsp3) is 0.571. The Labute approximate surface area is 118 Å². The van der Waals surface area contributed by atoms with Crippen molar-refractivity contribution >= 4 is 28.9 Å². The Kier molecular flexibility index (Phi) is 6.56. The van der Waals surface area contributed by atoms with Gasteiger partial charge >= 0.3 is 5.97 Å². The molecule has 1 rings (SSSR count). The molecular weight excluding hydrogens is 262 g/mol. The number of carbonyl (C=O) groups excluding carboxylic acids is 2. The van der Waals surface area contributed by atoms with Gasteiger partial charge < -0.3 is 10.1 Å². The van der Waals surface area contributed by atoms with E-state index in [4.69, 9.17) is 4.74 Å². The first kappa shape index (κ1) is 15.7. The van der Waals surface area contributed by atoms with Gasteiger partial charge in [-0.15, -0.1) is 11.3 Å². The minimum absolute atomic E-state index is 0.00717. The van der Waals surface area contributed by atoms with Crippen LogP contribution in [0.5, 0.6) is 0 Å². The molecule has 0 saturated carbocycles. The van der Waals surface area contributed by atoms with Gasteiger partial charge in [-0.25, -0.2) is 4.79 Å². The quantitative estimate of drug-likeness (QED) is 0.776. The van der Waals surface area contributed by atoms with Gasteiger partial charge in [0.05, 0.1) is 12.8 Å². The van der Waals surface area contributed by atoms with Crippen molar-refractivity contribution in [3.8, 4) is 0 Å². The summed E-state index contributed by atoms with van der Waals surface area (Å²) < 4.78 is 4.69. The molecule has 5 heteroatoms. The Morgan fingerprint density at radius 1 is 1.32 bits per heavy atom. The number of methoxy groups -OCH3 is 1. The third kappa shape index (κ3) is 4.35. The molecule has 1 amide bonds. The molecule has 19 heavy (non-hydrogen) atoms. The normalized spacial score (nSPS) is 10.5. The van der Waals surface area contributed by atoms with E-state index in [-0.39, 0.29) is 11.8 Å². The van der Waals surface area contributed by atoms with Crippen LogP contribution in [-0.2, 0) is 9.53 Å². The zero-order valence-electron chi connectivity index (χ0n) is 11.7. The first-order valence-corrected chi connectivity index (χ1v) is 7.48. The van der Waals surface area contributed by atoms with Gasteiger partial charge in [-0.05, 0) is 24.3 Å². The van der Waals surface area contributed by atoms with Crippen LogP contribution >= 0.6 is 11.3 Å². The lowest BCUT2D eigenvalue weighted by Gasteiger charge is -2.15. The minimum atomic E-state index is -0.409. The second kappa shape index (κ2) is 7.94. The maximum atomic E-state index is 12.2. The topological polar surface area (TPSA) is 55.4 Å². The van der Waals surface area contributed by atoms with Crippen LogP contribution in [0, 0.1) is 5.92 Å². The van der Waals surface area contributed by atoms with E-state index in [0.29, 0.717) is 10.6 Å². The molecule has 1 N–H and O–H groups in total. The number of rotatable bonds is 7. The number of hydrogen-bond donors (Lipinski definition) is 1. The Bertz CT molecular complexity index is 422. The van der Waals surface area contributed by atoms with Gasteiger partial charge in [0.15, 0.2) is 0 Å². The number of amides is 1. The number of nitrogens with one attached hydrogen (secondary N) is 1. The van der Waals surface area contributed by atoms with Crippen molar-refractivity contribution in [1.29, 1.82) is 0 Å². The Hall–Kier alpha value is -1.36. The standard InChI is InChI=1S/C14H21NO3S/c1-4-6-10(7-5-2)13(16)15-11-8-9-19-12(11)14(17)18-3/h8-10H,4-7H2,1-3H3,(H,15,16). The highest BCUT2D eigenvalue weighted by atomic mass is 32.1. The summed E-state index contributed by atoms with van der Waals surface area (Å²) in [7, 11) is 1.34. The highest BCUT2D eigenvalue weighted by molar-refractivity contribution is 7.12. The van der Waals surface area contributed by atoms with E-state index >= 15 is 0 Å². The van der Waals surface area contributed by atoms with Crippen molar-refractivity contribution in [3.05, 3.63) is 16.3 Å². The van der Waals surface area contributed by atoms with Gasteiger partial charge in [-0.1, -0.05) is 26.7 Å². The van der Waals surface area contributed by atoms with E-state index in [1.807, 2.05) is 0 Å². The number of carbonyl (C=O) groups is 2. The van der Waals surface area contributed by atoms with E-state index in [0.717, 1.165) is 25.7 Å². The SMILES string of the molecule is CCCC(CCC)C(=O)Nc1ccsc1C(=O)OC. The van der Waals surface area contributed by atoms with Crippen LogP contribution < -0.4 is 5.32 Å². The zero-order chi connectivity index (χ0) is 14.3. The lowest BCUT2D eigenvalue weighted by molar-refractivity contribution is -0.120. The fourth-order valence-electron chi connectivity index (χ4n) is 2.00. The van der Waals surface area contributed by atoms with Crippen LogP contribution in [0.15, 0.2) is 11.4 Å². The van der Waals surface area contributed by atoms with Crippen LogP contribution in [0.2, 0.25) is 0 Å². The molecule has 4 nitrogen and oxygen atoms in total. The van der Waals surface area contributed by atoms with Crippen molar-refractivity contribution in [1.82, 2.24) is 0 Å². The largest absolute Gasteiger partial charge is 0.465 e. The summed E-state index contributed by atoms with van der Waals surface area (Å²) in [6.07, 6.45) is 3.70. The van der Waals surface area contributed by atoms with Gasteiger partial charge in [0.2, 0.25) is 5.91 Å². The number of ether oxygens (including phenoxy) is 1. The summed E-state index contributed by atoms with van der Waals surface area (Å²) in [4.78, 5) is 24.2. The lowest BCUT2D eigenvalue weighted by atomic mass is 9.97. The molecule has 1 aromatic rings. The molecule has 106 valence electrons. The van der Waals surface area contributed by atoms with Crippen LogP contribution in [0.4, 0.5) is 5.69 Å². The van der Waals surface area contributed by atoms with Crippen LogP contribution in [0.3, 0.4) is 0 Å². The highest BCUT2D eigenvalue weighted by Crippen LogP contribution is 2.25. The van der Waals surface area contributed by atoms with Gasteiger partial charge in [0.25, 0.3) is 0 Å². The minimum Gasteiger partial charge on any atom is -0.465 e. The highest BCUT2D eigenvalue weighted by Gasteiger charge is 2.20. The summed E-state index contributed by atoms with van der Waals surface area (Å²) in [5, 5.41) is 4.62. The van der Waals surface area contributed by atoms with Crippen LogP contribution in [0.1, 0.15) is 49.2 Å². The first-order chi connectivity index (χ1) is 9.13. The third-order valence-electron chi connectivity index (χ3n) is 2.94. The molecule has 0 aliphatic rings. The summed E-state index contributed by atoms with van der Waals surface area (Å²) in [5.41, 5.74) is 0.555. The number of hydrogen-bond acceptors (Lipinski definition) is 4. The summed E-state index contributed by atoms with van der Waals surface area (Å²) >= 11 is 1.27. The number of esters is 1. The van der Waals surface area contributed by atoms with E-state index in [1.54, 1.807) is 11.4 Å².